The Labute approximate surface area is 200 Å². The Morgan fingerprint density at radius 2 is 1.88 bits per heavy atom. The molecule has 2 N–H and O–H groups in total. The van der Waals surface area contributed by atoms with E-state index in [0.717, 1.165) is 50.0 Å². The van der Waals surface area contributed by atoms with Gasteiger partial charge in [-0.05, 0) is 86.6 Å². The quantitative estimate of drug-likeness (QED) is 0.416. The van der Waals surface area contributed by atoms with E-state index >= 15 is 0 Å². The van der Waals surface area contributed by atoms with Crippen LogP contribution in [0.1, 0.15) is 57.4 Å². The van der Waals surface area contributed by atoms with Crippen molar-refractivity contribution in [2.45, 2.75) is 69.4 Å². The summed E-state index contributed by atoms with van der Waals surface area (Å²) in [7, 11) is 0. The number of ether oxygens (including phenoxy) is 1. The van der Waals surface area contributed by atoms with Crippen LogP contribution in [0.25, 0.3) is 10.8 Å². The molecule has 0 radical (unpaired) electrons. The van der Waals surface area contributed by atoms with Crippen molar-refractivity contribution in [1.82, 2.24) is 10.3 Å². The van der Waals surface area contributed by atoms with E-state index in [2.05, 4.69) is 47.6 Å². The van der Waals surface area contributed by atoms with Crippen LogP contribution >= 0.6 is 11.6 Å². The van der Waals surface area contributed by atoms with Crippen LogP contribution in [-0.4, -0.2) is 23.7 Å². The number of fused-ring (bicyclic) bond motifs is 1. The zero-order valence-electron chi connectivity index (χ0n) is 19.3. The molecule has 1 heterocycles. The number of H-pyrrole nitrogens is 1. The molecule has 2 aliphatic rings. The van der Waals surface area contributed by atoms with Crippen LogP contribution in [0.4, 0.5) is 0 Å². The molecule has 0 spiro atoms. The SMILES string of the molecule is CCC(NCC1CC1)[C@]1(c2ccccc2)CC[C@H](Oc2cc3cc[nH]c(=O)c3cc2Cl)CC1. The maximum Gasteiger partial charge on any atom is 0.255 e. The molecule has 2 aliphatic carbocycles. The Balaban J connectivity index is 1.35. The Bertz CT molecular complexity index is 1150. The lowest BCUT2D eigenvalue weighted by molar-refractivity contribution is 0.0957. The van der Waals surface area contributed by atoms with Crippen LogP contribution in [0.3, 0.4) is 0 Å². The first-order valence-electron chi connectivity index (χ1n) is 12.4. The molecule has 2 saturated carbocycles. The highest BCUT2D eigenvalue weighted by Gasteiger charge is 2.43. The first-order chi connectivity index (χ1) is 16.1. The third-order valence-corrected chi connectivity index (χ3v) is 8.01. The molecule has 0 saturated heterocycles. The summed E-state index contributed by atoms with van der Waals surface area (Å²) in [4.78, 5) is 14.8. The topological polar surface area (TPSA) is 54.1 Å². The van der Waals surface area contributed by atoms with Crippen molar-refractivity contribution in [3.63, 3.8) is 0 Å². The van der Waals surface area contributed by atoms with Crippen LogP contribution in [0, 0.1) is 5.92 Å². The van der Waals surface area contributed by atoms with Gasteiger partial charge in [-0.15, -0.1) is 0 Å². The summed E-state index contributed by atoms with van der Waals surface area (Å²) in [5, 5.41) is 5.88. The van der Waals surface area contributed by atoms with Crippen molar-refractivity contribution >= 4 is 22.4 Å². The van der Waals surface area contributed by atoms with Crippen LogP contribution in [0.2, 0.25) is 5.02 Å². The molecule has 2 aromatic carbocycles. The second-order valence-corrected chi connectivity index (χ2v) is 10.2. The van der Waals surface area contributed by atoms with Gasteiger partial charge in [-0.25, -0.2) is 0 Å². The molecular formula is C28H33ClN2O2. The predicted octanol–water partition coefficient (Wildman–Crippen LogP) is 6.22. The van der Waals surface area contributed by atoms with Crippen molar-refractivity contribution in [3.05, 3.63) is 75.7 Å². The molecule has 0 amide bonds. The number of nitrogens with one attached hydrogen (secondary N) is 2. The minimum absolute atomic E-state index is 0.125. The molecule has 0 aliphatic heterocycles. The van der Waals surface area contributed by atoms with Gasteiger partial charge in [-0.1, -0.05) is 48.9 Å². The van der Waals surface area contributed by atoms with Crippen LogP contribution in [0.15, 0.2) is 59.5 Å². The first kappa shape index (κ1) is 22.5. The number of hydrogen-bond donors (Lipinski definition) is 2. The van der Waals surface area contributed by atoms with Crippen molar-refractivity contribution in [2.24, 2.45) is 5.92 Å². The molecule has 174 valence electrons. The van der Waals surface area contributed by atoms with Crippen molar-refractivity contribution < 1.29 is 4.74 Å². The number of aromatic nitrogens is 1. The number of aromatic amines is 1. The molecule has 4 nitrogen and oxygen atoms in total. The monoisotopic (exact) mass is 464 g/mol. The van der Waals surface area contributed by atoms with E-state index in [9.17, 15) is 4.79 Å². The molecule has 1 atom stereocenters. The third kappa shape index (κ3) is 4.69. The second-order valence-electron chi connectivity index (χ2n) is 9.83. The predicted molar refractivity (Wildman–Crippen MR) is 135 cm³/mol. The van der Waals surface area contributed by atoms with Gasteiger partial charge in [0, 0.05) is 23.0 Å². The normalized spacial score (nSPS) is 24.0. The fourth-order valence-corrected chi connectivity index (χ4v) is 5.86. The van der Waals surface area contributed by atoms with Crippen LogP contribution < -0.4 is 15.6 Å². The Kier molecular flexibility index (Phi) is 6.49. The summed E-state index contributed by atoms with van der Waals surface area (Å²) in [5.41, 5.74) is 1.45. The summed E-state index contributed by atoms with van der Waals surface area (Å²) in [6.45, 7) is 3.45. The van der Waals surface area contributed by atoms with Crippen molar-refractivity contribution in [1.29, 1.82) is 0 Å². The highest BCUT2D eigenvalue weighted by Crippen LogP contribution is 2.45. The standard InChI is InChI=1S/C28H33ClN2O2/c1-2-26(31-18-19-8-9-19)28(21-6-4-3-5-7-21)13-10-22(11-14-28)33-25-16-20-12-15-30-27(32)23(20)17-24(25)29/h3-7,12,15-17,19,22,26,31H,2,8-11,13-14,18H2,1H3,(H,30,32)/t22-,26?,28+. The van der Waals surface area contributed by atoms with Gasteiger partial charge in [0.15, 0.2) is 0 Å². The minimum Gasteiger partial charge on any atom is -0.489 e. The zero-order chi connectivity index (χ0) is 22.8. The molecule has 1 unspecified atom stereocenters. The van der Waals surface area contributed by atoms with Crippen molar-refractivity contribution in [2.75, 3.05) is 6.54 Å². The Morgan fingerprint density at radius 3 is 2.58 bits per heavy atom. The lowest BCUT2D eigenvalue weighted by Gasteiger charge is -2.46. The number of benzene rings is 2. The van der Waals surface area contributed by atoms with Crippen LogP contribution in [-0.2, 0) is 5.41 Å². The summed E-state index contributed by atoms with van der Waals surface area (Å²) in [6.07, 6.45) is 9.80. The number of hydrogen-bond acceptors (Lipinski definition) is 3. The van der Waals surface area contributed by atoms with Gasteiger partial charge >= 0.3 is 0 Å². The van der Waals surface area contributed by atoms with Gasteiger partial charge in [0.1, 0.15) is 5.75 Å². The zero-order valence-corrected chi connectivity index (χ0v) is 20.0. The van der Waals surface area contributed by atoms with E-state index in [1.54, 1.807) is 12.3 Å². The van der Waals surface area contributed by atoms with E-state index in [-0.39, 0.29) is 17.1 Å². The largest absolute Gasteiger partial charge is 0.489 e. The van der Waals surface area contributed by atoms with Gasteiger partial charge < -0.3 is 15.0 Å². The minimum atomic E-state index is -0.129. The van der Waals surface area contributed by atoms with E-state index in [1.807, 2.05) is 12.1 Å². The fraction of sp³-hybridized carbons (Fsp3) is 0.464. The highest BCUT2D eigenvalue weighted by atomic mass is 35.5. The van der Waals surface area contributed by atoms with Gasteiger partial charge in [0.25, 0.3) is 5.56 Å². The Hall–Kier alpha value is -2.30. The van der Waals surface area contributed by atoms with Gasteiger partial charge in [0.05, 0.1) is 11.1 Å². The maximum absolute atomic E-state index is 12.1. The van der Waals surface area contributed by atoms with Crippen molar-refractivity contribution in [3.8, 4) is 5.75 Å². The number of pyridine rings is 1. The summed E-state index contributed by atoms with van der Waals surface area (Å²) < 4.78 is 6.42. The first-order valence-corrected chi connectivity index (χ1v) is 12.7. The van der Waals surface area contributed by atoms with Crippen LogP contribution in [0.5, 0.6) is 5.75 Å². The molecule has 3 aromatic rings. The average Bonchev–Trinajstić information content (AvgIpc) is 3.67. The molecular weight excluding hydrogens is 432 g/mol. The van der Waals surface area contributed by atoms with Gasteiger partial charge in [0.2, 0.25) is 0 Å². The lowest BCUT2D eigenvalue weighted by atomic mass is 9.63. The molecule has 0 bridgehead atoms. The smallest absolute Gasteiger partial charge is 0.255 e. The van der Waals surface area contributed by atoms with Gasteiger partial charge in [-0.2, -0.15) is 0 Å². The fourth-order valence-electron chi connectivity index (χ4n) is 5.65. The molecule has 33 heavy (non-hydrogen) atoms. The molecule has 5 heteroatoms. The summed E-state index contributed by atoms with van der Waals surface area (Å²) in [6, 6.07) is 17.0. The summed E-state index contributed by atoms with van der Waals surface area (Å²) >= 11 is 6.51. The maximum atomic E-state index is 12.1. The number of rotatable bonds is 8. The number of halogens is 1. The van der Waals surface area contributed by atoms with E-state index in [4.69, 9.17) is 16.3 Å². The average molecular weight is 465 g/mol. The lowest BCUT2D eigenvalue weighted by Crippen LogP contribution is -2.51. The third-order valence-electron chi connectivity index (χ3n) is 7.72. The highest BCUT2D eigenvalue weighted by molar-refractivity contribution is 6.32. The Morgan fingerprint density at radius 1 is 1.12 bits per heavy atom. The molecule has 1 aromatic heterocycles. The molecule has 5 rings (SSSR count). The van der Waals surface area contributed by atoms with E-state index < -0.39 is 0 Å². The second kappa shape index (κ2) is 9.52. The van der Waals surface area contributed by atoms with E-state index in [1.165, 1.54) is 18.4 Å². The van der Waals surface area contributed by atoms with Gasteiger partial charge in [-0.3, -0.25) is 4.79 Å². The molecule has 2 fully saturated rings. The van der Waals surface area contributed by atoms with E-state index in [0.29, 0.717) is 22.2 Å². The summed E-state index contributed by atoms with van der Waals surface area (Å²) in [5.74, 6) is 1.54.